The monoisotopic (exact) mass is 353 g/mol. The molecule has 0 aromatic heterocycles. The van der Waals surface area contributed by atoms with E-state index in [0.717, 1.165) is 18.6 Å². The van der Waals surface area contributed by atoms with Crippen LogP contribution in [0.1, 0.15) is 35.2 Å². The standard InChI is InChI=1S/C21H23NO4/c23-20(11-10-16-6-4-5-9-19(16)21(24)25)22-14-12-18(13-15-22)26-17-7-2-1-3-8-17/h1-9,18H,10-15H2,(H,24,25). The van der Waals surface area contributed by atoms with Crippen molar-refractivity contribution in [2.75, 3.05) is 13.1 Å². The van der Waals surface area contributed by atoms with E-state index in [9.17, 15) is 14.7 Å². The first-order chi connectivity index (χ1) is 12.6. The molecule has 1 aliphatic rings. The smallest absolute Gasteiger partial charge is 0.335 e. The number of rotatable bonds is 6. The second-order valence-electron chi connectivity index (χ2n) is 6.47. The lowest BCUT2D eigenvalue weighted by atomic mass is 10.0. The number of hydrogen-bond acceptors (Lipinski definition) is 3. The molecule has 1 saturated heterocycles. The van der Waals surface area contributed by atoms with E-state index in [-0.39, 0.29) is 17.6 Å². The van der Waals surface area contributed by atoms with Gasteiger partial charge in [0.1, 0.15) is 11.9 Å². The largest absolute Gasteiger partial charge is 0.490 e. The Balaban J connectivity index is 1.48. The topological polar surface area (TPSA) is 66.8 Å². The van der Waals surface area contributed by atoms with E-state index >= 15 is 0 Å². The van der Waals surface area contributed by atoms with Crippen molar-refractivity contribution in [1.29, 1.82) is 0 Å². The number of hydrogen-bond donors (Lipinski definition) is 1. The highest BCUT2D eigenvalue weighted by molar-refractivity contribution is 5.89. The predicted molar refractivity (Wildman–Crippen MR) is 98.4 cm³/mol. The van der Waals surface area contributed by atoms with Crippen molar-refractivity contribution in [3.05, 3.63) is 65.7 Å². The van der Waals surface area contributed by atoms with Gasteiger partial charge in [-0.2, -0.15) is 0 Å². The molecule has 0 atom stereocenters. The molecular weight excluding hydrogens is 330 g/mol. The van der Waals surface area contributed by atoms with Crippen molar-refractivity contribution in [3.8, 4) is 5.75 Å². The van der Waals surface area contributed by atoms with Gasteiger partial charge in [-0.05, 0) is 30.2 Å². The number of carboxylic acids is 1. The first kappa shape index (κ1) is 18.0. The molecule has 3 rings (SSSR count). The predicted octanol–water partition coefficient (Wildman–Crippen LogP) is 3.39. The van der Waals surface area contributed by atoms with Gasteiger partial charge in [0.2, 0.25) is 5.91 Å². The van der Waals surface area contributed by atoms with Crippen molar-refractivity contribution in [1.82, 2.24) is 4.90 Å². The molecule has 5 heteroatoms. The summed E-state index contributed by atoms with van der Waals surface area (Å²) in [6.45, 7) is 1.35. The average molecular weight is 353 g/mol. The normalized spacial score (nSPS) is 14.8. The lowest BCUT2D eigenvalue weighted by molar-refractivity contribution is -0.132. The minimum atomic E-state index is -0.952. The van der Waals surface area contributed by atoms with Crippen LogP contribution in [-0.4, -0.2) is 41.1 Å². The van der Waals surface area contributed by atoms with Crippen LogP contribution in [0.4, 0.5) is 0 Å². The fourth-order valence-corrected chi connectivity index (χ4v) is 3.26. The maximum Gasteiger partial charge on any atom is 0.335 e. The molecule has 136 valence electrons. The molecule has 0 bridgehead atoms. The van der Waals surface area contributed by atoms with Crippen LogP contribution in [0, 0.1) is 0 Å². The Morgan fingerprint density at radius 1 is 1.00 bits per heavy atom. The molecule has 5 nitrogen and oxygen atoms in total. The quantitative estimate of drug-likeness (QED) is 0.864. The number of carbonyl (C=O) groups excluding carboxylic acids is 1. The summed E-state index contributed by atoms with van der Waals surface area (Å²) in [5.41, 5.74) is 0.978. The van der Waals surface area contributed by atoms with Crippen LogP contribution in [-0.2, 0) is 11.2 Å². The van der Waals surface area contributed by atoms with Crippen molar-refractivity contribution in [3.63, 3.8) is 0 Å². The number of para-hydroxylation sites is 1. The van der Waals surface area contributed by atoms with Crippen LogP contribution in [0.15, 0.2) is 54.6 Å². The minimum absolute atomic E-state index is 0.0725. The zero-order valence-corrected chi connectivity index (χ0v) is 14.6. The van der Waals surface area contributed by atoms with Gasteiger partial charge in [-0.3, -0.25) is 4.79 Å². The number of ether oxygens (including phenoxy) is 1. The summed E-state index contributed by atoms with van der Waals surface area (Å²) < 4.78 is 5.95. The fourth-order valence-electron chi connectivity index (χ4n) is 3.26. The Hall–Kier alpha value is -2.82. The third-order valence-electron chi connectivity index (χ3n) is 4.70. The van der Waals surface area contributed by atoms with E-state index in [2.05, 4.69) is 0 Å². The third-order valence-corrected chi connectivity index (χ3v) is 4.70. The molecule has 1 N–H and O–H groups in total. The number of amides is 1. The Bertz CT molecular complexity index is 752. The third kappa shape index (κ3) is 4.63. The van der Waals surface area contributed by atoms with E-state index in [1.807, 2.05) is 35.2 Å². The molecule has 0 unspecified atom stereocenters. The van der Waals surface area contributed by atoms with Gasteiger partial charge in [0.05, 0.1) is 5.56 Å². The number of piperidine rings is 1. The van der Waals surface area contributed by atoms with Crippen molar-refractivity contribution in [2.24, 2.45) is 0 Å². The first-order valence-corrected chi connectivity index (χ1v) is 8.94. The number of benzene rings is 2. The summed E-state index contributed by atoms with van der Waals surface area (Å²) in [7, 11) is 0. The summed E-state index contributed by atoms with van der Waals surface area (Å²) in [6, 6.07) is 16.6. The summed E-state index contributed by atoms with van der Waals surface area (Å²) in [5, 5.41) is 9.22. The van der Waals surface area contributed by atoms with Gasteiger partial charge in [0.25, 0.3) is 0 Å². The highest BCUT2D eigenvalue weighted by atomic mass is 16.5. The number of aromatic carboxylic acids is 1. The van der Waals surface area contributed by atoms with Gasteiger partial charge in [0.15, 0.2) is 0 Å². The molecular formula is C21H23NO4. The summed E-state index contributed by atoms with van der Waals surface area (Å²) in [6.07, 6.45) is 2.53. The molecule has 26 heavy (non-hydrogen) atoms. The molecule has 0 spiro atoms. The van der Waals surface area contributed by atoms with E-state index < -0.39 is 5.97 Å². The number of carboxylic acid groups (broad SMARTS) is 1. The lowest BCUT2D eigenvalue weighted by Crippen LogP contribution is -2.41. The molecule has 1 amide bonds. The molecule has 0 radical (unpaired) electrons. The maximum atomic E-state index is 12.5. The Kier molecular flexibility index (Phi) is 5.89. The zero-order chi connectivity index (χ0) is 18.4. The lowest BCUT2D eigenvalue weighted by Gasteiger charge is -2.32. The maximum absolute atomic E-state index is 12.5. The number of aryl methyl sites for hydroxylation is 1. The van der Waals surface area contributed by atoms with E-state index in [1.165, 1.54) is 0 Å². The van der Waals surface area contributed by atoms with E-state index in [4.69, 9.17) is 4.74 Å². The number of likely N-dealkylation sites (tertiary alicyclic amines) is 1. The highest BCUT2D eigenvalue weighted by Crippen LogP contribution is 2.20. The van der Waals surface area contributed by atoms with Crippen LogP contribution in [0.25, 0.3) is 0 Å². The summed E-state index contributed by atoms with van der Waals surface area (Å²) >= 11 is 0. The van der Waals surface area contributed by atoms with Gasteiger partial charge >= 0.3 is 5.97 Å². The molecule has 2 aromatic carbocycles. The van der Waals surface area contributed by atoms with Crippen molar-refractivity contribution >= 4 is 11.9 Å². The molecule has 1 aliphatic heterocycles. The SMILES string of the molecule is O=C(O)c1ccccc1CCC(=O)N1CCC(Oc2ccccc2)CC1. The number of carbonyl (C=O) groups is 2. The molecule has 0 aliphatic carbocycles. The Labute approximate surface area is 153 Å². The zero-order valence-electron chi connectivity index (χ0n) is 14.6. The van der Waals surface area contributed by atoms with E-state index in [1.54, 1.807) is 24.3 Å². The van der Waals surface area contributed by atoms with Gasteiger partial charge in [-0.15, -0.1) is 0 Å². The molecule has 1 heterocycles. The Morgan fingerprint density at radius 3 is 2.35 bits per heavy atom. The van der Waals surface area contributed by atoms with Crippen molar-refractivity contribution in [2.45, 2.75) is 31.8 Å². The minimum Gasteiger partial charge on any atom is -0.490 e. The van der Waals surface area contributed by atoms with Crippen LogP contribution in [0.2, 0.25) is 0 Å². The van der Waals surface area contributed by atoms with Crippen molar-refractivity contribution < 1.29 is 19.4 Å². The van der Waals surface area contributed by atoms with Crippen LogP contribution in [0.3, 0.4) is 0 Å². The van der Waals surface area contributed by atoms with Crippen LogP contribution < -0.4 is 4.74 Å². The number of nitrogens with zero attached hydrogens (tertiary/aromatic N) is 1. The summed E-state index contributed by atoms with van der Waals surface area (Å²) in [4.78, 5) is 25.6. The molecule has 1 fully saturated rings. The average Bonchev–Trinajstić information content (AvgIpc) is 2.67. The van der Waals surface area contributed by atoms with Gasteiger partial charge in [-0.25, -0.2) is 4.79 Å². The summed E-state index contributed by atoms with van der Waals surface area (Å²) in [5.74, 6) is -0.0159. The van der Waals surface area contributed by atoms with Gasteiger partial charge < -0.3 is 14.7 Å². The highest BCUT2D eigenvalue weighted by Gasteiger charge is 2.24. The van der Waals surface area contributed by atoms with E-state index in [0.29, 0.717) is 31.5 Å². The first-order valence-electron chi connectivity index (χ1n) is 8.94. The molecule has 0 saturated carbocycles. The van der Waals surface area contributed by atoms with Gasteiger partial charge in [-0.1, -0.05) is 36.4 Å². The fraction of sp³-hybridized carbons (Fsp3) is 0.333. The van der Waals surface area contributed by atoms with Crippen LogP contribution >= 0.6 is 0 Å². The van der Waals surface area contributed by atoms with Gasteiger partial charge in [0, 0.05) is 32.4 Å². The van der Waals surface area contributed by atoms with Crippen LogP contribution in [0.5, 0.6) is 5.75 Å². The molecule has 2 aromatic rings. The second kappa shape index (κ2) is 8.52. The Morgan fingerprint density at radius 2 is 1.65 bits per heavy atom. The second-order valence-corrected chi connectivity index (χ2v) is 6.47.